The van der Waals surface area contributed by atoms with Crippen LogP contribution in [0.5, 0.6) is 5.75 Å². The van der Waals surface area contributed by atoms with Gasteiger partial charge in [0.15, 0.2) is 0 Å². The number of ether oxygens (including phenoxy) is 2. The van der Waals surface area contributed by atoms with Crippen LogP contribution < -0.4 is 27.1 Å². The molecule has 5 N–H and O–H groups in total. The molecule has 44 heavy (non-hydrogen) atoms. The SMILES string of the molecule is COCC(N)=O.NC(=O)/C=C/CCCC(=O)Nc1cccn(Cc2nc3cccc(OCc4ccc(F)cc4F)c3s2)c1=O. The predicted octanol–water partition coefficient (Wildman–Crippen LogP) is 3.63. The highest BCUT2D eigenvalue weighted by molar-refractivity contribution is 7.19. The first-order valence-corrected chi connectivity index (χ1v) is 14.1. The first-order valence-electron chi connectivity index (χ1n) is 13.2. The van der Waals surface area contributed by atoms with Crippen LogP contribution in [0.4, 0.5) is 14.5 Å². The lowest BCUT2D eigenvalue weighted by Crippen LogP contribution is -2.25. The number of unbranched alkanes of at least 4 members (excludes halogenated alkanes) is 1. The fourth-order valence-electron chi connectivity index (χ4n) is 3.78. The molecule has 0 fully saturated rings. The first-order chi connectivity index (χ1) is 21.1. The van der Waals surface area contributed by atoms with Crippen molar-refractivity contribution in [2.45, 2.75) is 32.4 Å². The van der Waals surface area contributed by atoms with Crippen molar-refractivity contribution in [3.8, 4) is 5.75 Å². The summed E-state index contributed by atoms with van der Waals surface area (Å²) in [7, 11) is 1.42. The van der Waals surface area contributed by atoms with Crippen molar-refractivity contribution in [2.75, 3.05) is 19.0 Å². The number of pyridine rings is 1. The number of halogens is 2. The second-order valence-corrected chi connectivity index (χ2v) is 10.3. The number of allylic oxidation sites excluding steroid dienone is 1. The summed E-state index contributed by atoms with van der Waals surface area (Å²) in [6, 6.07) is 11.8. The number of nitrogens with two attached hydrogens (primary N) is 2. The number of nitrogens with one attached hydrogen (secondary N) is 1. The Balaban J connectivity index is 0.000000801. The van der Waals surface area contributed by atoms with Crippen LogP contribution in [0.15, 0.2) is 71.7 Å². The quantitative estimate of drug-likeness (QED) is 0.150. The van der Waals surface area contributed by atoms with Crippen molar-refractivity contribution in [1.29, 1.82) is 0 Å². The summed E-state index contributed by atoms with van der Waals surface area (Å²) < 4.78 is 39.4. The number of aromatic nitrogens is 2. The normalized spacial score (nSPS) is 10.8. The number of fused-ring (bicyclic) bond motifs is 1. The molecule has 0 aliphatic carbocycles. The van der Waals surface area contributed by atoms with Gasteiger partial charge in [-0.3, -0.25) is 19.2 Å². The molecule has 0 saturated carbocycles. The van der Waals surface area contributed by atoms with E-state index in [1.807, 2.05) is 0 Å². The number of rotatable bonds is 13. The number of hydrogen-bond acceptors (Lipinski definition) is 8. The molecule has 0 saturated heterocycles. The molecule has 232 valence electrons. The molecule has 3 amide bonds. The lowest BCUT2D eigenvalue weighted by atomic mass is 10.2. The van der Waals surface area contributed by atoms with Gasteiger partial charge in [-0.15, -0.1) is 11.3 Å². The Morgan fingerprint density at radius 3 is 2.59 bits per heavy atom. The molecule has 0 unspecified atom stereocenters. The number of carbonyl (C=O) groups excluding carboxylic acids is 3. The molecule has 2 aromatic carbocycles. The third kappa shape index (κ3) is 10.4. The highest BCUT2D eigenvalue weighted by Crippen LogP contribution is 2.32. The molecule has 2 aromatic heterocycles. The van der Waals surface area contributed by atoms with E-state index >= 15 is 0 Å². The standard InChI is InChI=1S/C27H24F2N4O4S.C3H7NO2/c28-18-12-11-17(19(29)14-18)16-37-22-8-4-6-20-26(22)38-25(32-20)15-33-13-5-7-21(27(33)36)31-24(35)10-3-1-2-9-23(30)34;1-6-2-3(4)5/h2,4-9,11-14H,1,3,10,15-16H2,(H2,30,34)(H,31,35);2H2,1H3,(H2,4,5)/b9-2+;. The third-order valence-corrected chi connectivity index (χ3v) is 6.84. The first kappa shape index (κ1) is 33.6. The van der Waals surface area contributed by atoms with Gasteiger partial charge < -0.3 is 30.8 Å². The zero-order chi connectivity index (χ0) is 32.1. The number of benzene rings is 2. The minimum atomic E-state index is -0.687. The average Bonchev–Trinajstić information content (AvgIpc) is 3.38. The maximum absolute atomic E-state index is 14.0. The Labute approximate surface area is 255 Å². The van der Waals surface area contributed by atoms with Crippen LogP contribution in [0.3, 0.4) is 0 Å². The van der Waals surface area contributed by atoms with Gasteiger partial charge in [0.05, 0.1) is 16.8 Å². The second kappa shape index (κ2) is 16.6. The van der Waals surface area contributed by atoms with E-state index in [0.717, 1.165) is 10.8 Å². The van der Waals surface area contributed by atoms with Gasteiger partial charge in [-0.1, -0.05) is 12.1 Å². The van der Waals surface area contributed by atoms with Crippen LogP contribution in [-0.2, 0) is 32.3 Å². The third-order valence-electron chi connectivity index (χ3n) is 5.76. The van der Waals surface area contributed by atoms with E-state index in [1.54, 1.807) is 36.5 Å². The highest BCUT2D eigenvalue weighted by atomic mass is 32.1. The molecule has 2 heterocycles. The number of anilines is 1. The maximum atomic E-state index is 14.0. The van der Waals surface area contributed by atoms with Crippen LogP contribution in [-0.4, -0.2) is 41.0 Å². The van der Waals surface area contributed by atoms with Gasteiger partial charge in [-0.2, -0.15) is 0 Å². The van der Waals surface area contributed by atoms with Gasteiger partial charge in [0.1, 0.15) is 41.3 Å². The summed E-state index contributed by atoms with van der Waals surface area (Å²) in [6.45, 7) is 0.104. The number of amides is 3. The fourth-order valence-corrected chi connectivity index (χ4v) is 4.81. The zero-order valence-corrected chi connectivity index (χ0v) is 24.6. The Hall–Kier alpha value is -4.95. The topological polar surface area (TPSA) is 169 Å². The summed E-state index contributed by atoms with van der Waals surface area (Å²) in [6.07, 6.45) is 5.64. The zero-order valence-electron chi connectivity index (χ0n) is 23.8. The van der Waals surface area contributed by atoms with Crippen LogP contribution in [0.1, 0.15) is 29.8 Å². The average molecular weight is 628 g/mol. The highest BCUT2D eigenvalue weighted by Gasteiger charge is 2.13. The Morgan fingerprint density at radius 2 is 1.91 bits per heavy atom. The number of thiazole rings is 1. The van der Waals surface area contributed by atoms with E-state index in [9.17, 15) is 28.0 Å². The number of nitrogens with zero attached hydrogens (tertiary/aromatic N) is 2. The molecule has 0 aliphatic rings. The lowest BCUT2D eigenvalue weighted by Gasteiger charge is -2.08. The van der Waals surface area contributed by atoms with Crippen LogP contribution >= 0.6 is 11.3 Å². The molecule has 4 aromatic rings. The van der Waals surface area contributed by atoms with Gasteiger partial charge in [-0.05, 0) is 55.3 Å². The fraction of sp³-hybridized carbons (Fsp3) is 0.233. The van der Waals surface area contributed by atoms with E-state index in [1.165, 1.54) is 47.3 Å². The largest absolute Gasteiger partial charge is 0.487 e. The molecular weight excluding hydrogens is 596 g/mol. The van der Waals surface area contributed by atoms with Gasteiger partial charge >= 0.3 is 0 Å². The molecule has 14 heteroatoms. The summed E-state index contributed by atoms with van der Waals surface area (Å²) >= 11 is 1.33. The minimum absolute atomic E-state index is 0.0139. The van der Waals surface area contributed by atoms with E-state index in [0.29, 0.717) is 29.1 Å². The molecule has 0 bridgehead atoms. The molecule has 0 radical (unpaired) electrons. The molecule has 11 nitrogen and oxygen atoms in total. The van der Waals surface area contributed by atoms with Gasteiger partial charge in [0, 0.05) is 31.4 Å². The molecule has 0 aliphatic heterocycles. The Morgan fingerprint density at radius 1 is 1.11 bits per heavy atom. The number of carbonyl (C=O) groups is 3. The van der Waals surface area contributed by atoms with Crippen LogP contribution in [0, 0.1) is 11.6 Å². The summed E-state index contributed by atoms with van der Waals surface area (Å²) in [5.74, 6) is -2.14. The van der Waals surface area contributed by atoms with Crippen LogP contribution in [0.2, 0.25) is 0 Å². The second-order valence-electron chi connectivity index (χ2n) is 9.24. The van der Waals surface area contributed by atoms with E-state index in [-0.39, 0.29) is 48.9 Å². The van der Waals surface area contributed by atoms with Crippen molar-refractivity contribution in [3.05, 3.63) is 99.4 Å². The van der Waals surface area contributed by atoms with Crippen molar-refractivity contribution < 1.29 is 32.6 Å². The van der Waals surface area contributed by atoms with Gasteiger partial charge in [0.25, 0.3) is 5.56 Å². The smallest absolute Gasteiger partial charge is 0.274 e. The Kier molecular flexibility index (Phi) is 12.7. The van der Waals surface area contributed by atoms with E-state index < -0.39 is 23.4 Å². The number of methoxy groups -OCH3 is 1. The molecule has 0 atom stereocenters. The Bertz CT molecular complexity index is 1710. The summed E-state index contributed by atoms with van der Waals surface area (Å²) in [4.78, 5) is 50.2. The molecule has 0 spiro atoms. The summed E-state index contributed by atoms with van der Waals surface area (Å²) in [5.41, 5.74) is 10.3. The van der Waals surface area contributed by atoms with Gasteiger partial charge in [-0.25, -0.2) is 13.8 Å². The van der Waals surface area contributed by atoms with E-state index in [2.05, 4.69) is 20.8 Å². The minimum Gasteiger partial charge on any atom is -0.487 e. The monoisotopic (exact) mass is 627 g/mol. The number of primary amides is 2. The van der Waals surface area contributed by atoms with E-state index in [4.69, 9.17) is 10.5 Å². The molecular formula is C30H31F2N5O6S. The van der Waals surface area contributed by atoms with Gasteiger partial charge in [0.2, 0.25) is 17.7 Å². The predicted molar refractivity (Wildman–Crippen MR) is 162 cm³/mol. The summed E-state index contributed by atoms with van der Waals surface area (Å²) in [5, 5.41) is 3.27. The van der Waals surface area contributed by atoms with Crippen molar-refractivity contribution in [2.24, 2.45) is 11.5 Å². The van der Waals surface area contributed by atoms with Crippen LogP contribution in [0.25, 0.3) is 10.2 Å². The van der Waals surface area contributed by atoms with Crippen molar-refractivity contribution in [1.82, 2.24) is 9.55 Å². The van der Waals surface area contributed by atoms with Crippen molar-refractivity contribution in [3.63, 3.8) is 0 Å². The van der Waals surface area contributed by atoms with Crippen molar-refractivity contribution >= 4 is 45.0 Å². The maximum Gasteiger partial charge on any atom is 0.274 e. The number of hydrogen-bond donors (Lipinski definition) is 3. The lowest BCUT2D eigenvalue weighted by molar-refractivity contribution is -0.121. The molecule has 4 rings (SSSR count).